The van der Waals surface area contributed by atoms with Crippen molar-refractivity contribution in [3.63, 3.8) is 0 Å². The summed E-state index contributed by atoms with van der Waals surface area (Å²) < 4.78 is 0. The minimum Gasteiger partial charge on any atom is -0.508 e. The molecule has 2 aromatic carbocycles. The highest BCUT2D eigenvalue weighted by Gasteiger charge is 2.04. The summed E-state index contributed by atoms with van der Waals surface area (Å²) in [6.45, 7) is 2.97. The third kappa shape index (κ3) is 3.33. The largest absolute Gasteiger partial charge is 0.508 e. The van der Waals surface area contributed by atoms with E-state index in [4.69, 9.17) is 0 Å². The second-order valence-electron chi connectivity index (χ2n) is 4.18. The molecule has 0 saturated heterocycles. The van der Waals surface area contributed by atoms with E-state index in [1.165, 1.54) is 11.1 Å². The van der Waals surface area contributed by atoms with Crippen molar-refractivity contribution >= 4 is 0 Å². The van der Waals surface area contributed by atoms with Crippen LogP contribution in [0.15, 0.2) is 54.6 Å². The molecule has 2 aromatic rings. The lowest BCUT2D eigenvalue weighted by Gasteiger charge is -2.14. The van der Waals surface area contributed by atoms with Crippen LogP contribution >= 0.6 is 0 Å². The second-order valence-corrected chi connectivity index (χ2v) is 4.18. The van der Waals surface area contributed by atoms with Gasteiger partial charge in [-0.05, 0) is 30.2 Å². The summed E-state index contributed by atoms with van der Waals surface area (Å²) in [7, 11) is 0. The molecular weight excluding hydrogens is 210 g/mol. The Hall–Kier alpha value is -1.80. The van der Waals surface area contributed by atoms with E-state index in [-0.39, 0.29) is 6.04 Å². The zero-order valence-corrected chi connectivity index (χ0v) is 9.93. The van der Waals surface area contributed by atoms with Crippen LogP contribution < -0.4 is 5.32 Å². The van der Waals surface area contributed by atoms with Crippen molar-refractivity contribution in [1.82, 2.24) is 5.32 Å². The van der Waals surface area contributed by atoms with Crippen LogP contribution in [0.2, 0.25) is 0 Å². The van der Waals surface area contributed by atoms with Crippen molar-refractivity contribution in [3.05, 3.63) is 65.7 Å². The average Bonchev–Trinajstić information content (AvgIpc) is 2.38. The van der Waals surface area contributed by atoms with Crippen LogP contribution in [0.3, 0.4) is 0 Å². The molecule has 0 saturated carbocycles. The van der Waals surface area contributed by atoms with Gasteiger partial charge in [0.2, 0.25) is 0 Å². The van der Waals surface area contributed by atoms with E-state index < -0.39 is 0 Å². The predicted octanol–water partition coefficient (Wildman–Crippen LogP) is 3.24. The molecule has 0 aliphatic heterocycles. The van der Waals surface area contributed by atoms with Gasteiger partial charge in [0.05, 0.1) is 0 Å². The van der Waals surface area contributed by atoms with E-state index >= 15 is 0 Å². The molecule has 0 radical (unpaired) electrons. The van der Waals surface area contributed by atoms with Crippen molar-refractivity contribution in [2.45, 2.75) is 19.5 Å². The van der Waals surface area contributed by atoms with Crippen LogP contribution in [-0.4, -0.2) is 5.11 Å². The lowest BCUT2D eigenvalue weighted by molar-refractivity contribution is 0.474. The maximum atomic E-state index is 9.23. The van der Waals surface area contributed by atoms with Gasteiger partial charge in [0.15, 0.2) is 0 Å². The van der Waals surface area contributed by atoms with Gasteiger partial charge in [-0.15, -0.1) is 0 Å². The minimum atomic E-state index is 0.274. The monoisotopic (exact) mass is 227 g/mol. The molecule has 2 nitrogen and oxygen atoms in total. The first kappa shape index (κ1) is 11.7. The highest BCUT2D eigenvalue weighted by atomic mass is 16.3. The second kappa shape index (κ2) is 5.51. The van der Waals surface area contributed by atoms with Gasteiger partial charge < -0.3 is 10.4 Å². The van der Waals surface area contributed by atoms with Gasteiger partial charge in [0.1, 0.15) is 5.75 Å². The maximum Gasteiger partial charge on any atom is 0.115 e. The van der Waals surface area contributed by atoms with Crippen LogP contribution in [0, 0.1) is 0 Å². The molecular formula is C15H17NO. The standard InChI is InChI=1S/C15H17NO/c1-12(14-7-9-15(17)10-8-14)16-11-13-5-3-2-4-6-13/h2-10,12,16-17H,11H2,1H3. The van der Waals surface area contributed by atoms with E-state index in [0.29, 0.717) is 5.75 Å². The number of rotatable bonds is 4. The molecule has 0 amide bonds. The van der Waals surface area contributed by atoms with Gasteiger partial charge in [-0.3, -0.25) is 0 Å². The summed E-state index contributed by atoms with van der Waals surface area (Å²) in [5, 5.41) is 12.7. The number of nitrogens with one attached hydrogen (secondary N) is 1. The fourth-order valence-corrected chi connectivity index (χ4v) is 1.75. The first-order chi connectivity index (χ1) is 8.25. The molecule has 0 aromatic heterocycles. The van der Waals surface area contributed by atoms with Crippen molar-refractivity contribution in [3.8, 4) is 5.75 Å². The molecule has 0 bridgehead atoms. The molecule has 0 spiro atoms. The minimum absolute atomic E-state index is 0.274. The van der Waals surface area contributed by atoms with Gasteiger partial charge in [-0.2, -0.15) is 0 Å². The van der Waals surface area contributed by atoms with E-state index in [1.807, 2.05) is 30.3 Å². The van der Waals surface area contributed by atoms with Crippen molar-refractivity contribution in [2.75, 3.05) is 0 Å². The van der Waals surface area contributed by atoms with Gasteiger partial charge in [-0.25, -0.2) is 0 Å². The summed E-state index contributed by atoms with van der Waals surface area (Å²) in [6.07, 6.45) is 0. The number of phenolic OH excluding ortho intramolecular Hbond substituents is 1. The van der Waals surface area contributed by atoms with Crippen molar-refractivity contribution in [1.29, 1.82) is 0 Å². The number of benzene rings is 2. The Kier molecular flexibility index (Phi) is 3.78. The van der Waals surface area contributed by atoms with Crippen LogP contribution in [0.25, 0.3) is 0 Å². The fourth-order valence-electron chi connectivity index (χ4n) is 1.75. The third-order valence-electron chi connectivity index (χ3n) is 2.85. The number of phenols is 1. The fraction of sp³-hybridized carbons (Fsp3) is 0.200. The van der Waals surface area contributed by atoms with Crippen LogP contribution in [-0.2, 0) is 6.54 Å². The summed E-state index contributed by atoms with van der Waals surface area (Å²) in [5.74, 6) is 0.309. The van der Waals surface area contributed by atoms with Gasteiger partial charge in [0.25, 0.3) is 0 Å². The Morgan fingerprint density at radius 3 is 2.29 bits per heavy atom. The van der Waals surface area contributed by atoms with Gasteiger partial charge in [0, 0.05) is 12.6 Å². The third-order valence-corrected chi connectivity index (χ3v) is 2.85. The normalized spacial score (nSPS) is 12.3. The Bertz CT molecular complexity index is 450. The molecule has 1 atom stereocenters. The van der Waals surface area contributed by atoms with E-state index in [1.54, 1.807) is 12.1 Å². The van der Waals surface area contributed by atoms with Gasteiger partial charge >= 0.3 is 0 Å². The first-order valence-corrected chi connectivity index (χ1v) is 5.82. The lowest BCUT2D eigenvalue weighted by atomic mass is 10.1. The van der Waals surface area contributed by atoms with Crippen LogP contribution in [0.4, 0.5) is 0 Å². The number of aromatic hydroxyl groups is 1. The van der Waals surface area contributed by atoms with Crippen LogP contribution in [0.1, 0.15) is 24.1 Å². The smallest absolute Gasteiger partial charge is 0.115 e. The Balaban J connectivity index is 1.93. The molecule has 1 unspecified atom stereocenters. The van der Waals surface area contributed by atoms with Crippen molar-refractivity contribution in [2.24, 2.45) is 0 Å². The zero-order chi connectivity index (χ0) is 12.1. The quantitative estimate of drug-likeness (QED) is 0.840. The number of hydrogen-bond donors (Lipinski definition) is 2. The SMILES string of the molecule is CC(NCc1ccccc1)c1ccc(O)cc1. The van der Waals surface area contributed by atoms with Gasteiger partial charge in [-0.1, -0.05) is 42.5 Å². The molecule has 0 aliphatic carbocycles. The van der Waals surface area contributed by atoms with E-state index in [0.717, 1.165) is 6.54 Å². The molecule has 2 rings (SSSR count). The molecule has 0 heterocycles. The molecule has 2 heteroatoms. The summed E-state index contributed by atoms with van der Waals surface area (Å²) in [4.78, 5) is 0. The van der Waals surface area contributed by atoms with E-state index in [9.17, 15) is 5.11 Å². The summed E-state index contributed by atoms with van der Waals surface area (Å²) in [5.41, 5.74) is 2.46. The lowest BCUT2D eigenvalue weighted by Crippen LogP contribution is -2.17. The summed E-state index contributed by atoms with van der Waals surface area (Å²) >= 11 is 0. The molecule has 0 fully saturated rings. The summed E-state index contributed by atoms with van der Waals surface area (Å²) in [6, 6.07) is 17.9. The maximum absolute atomic E-state index is 9.23. The Morgan fingerprint density at radius 1 is 1.00 bits per heavy atom. The van der Waals surface area contributed by atoms with Crippen LogP contribution in [0.5, 0.6) is 5.75 Å². The molecule has 17 heavy (non-hydrogen) atoms. The zero-order valence-electron chi connectivity index (χ0n) is 9.93. The Morgan fingerprint density at radius 2 is 1.65 bits per heavy atom. The van der Waals surface area contributed by atoms with E-state index in [2.05, 4.69) is 24.4 Å². The molecule has 88 valence electrons. The number of hydrogen-bond acceptors (Lipinski definition) is 2. The topological polar surface area (TPSA) is 32.3 Å². The molecule has 2 N–H and O–H groups in total. The predicted molar refractivity (Wildman–Crippen MR) is 69.8 cm³/mol. The first-order valence-electron chi connectivity index (χ1n) is 5.82. The van der Waals surface area contributed by atoms with Crippen molar-refractivity contribution < 1.29 is 5.11 Å². The highest BCUT2D eigenvalue weighted by molar-refractivity contribution is 5.27. The average molecular weight is 227 g/mol. The molecule has 0 aliphatic rings. The highest BCUT2D eigenvalue weighted by Crippen LogP contribution is 2.16. The Labute approximate surface area is 102 Å².